The van der Waals surface area contributed by atoms with Crippen LogP contribution in [0.25, 0.3) is 0 Å². The van der Waals surface area contributed by atoms with Crippen molar-refractivity contribution in [1.82, 2.24) is 9.80 Å². The highest BCUT2D eigenvalue weighted by Gasteiger charge is 2.44. The summed E-state index contributed by atoms with van der Waals surface area (Å²) in [5.41, 5.74) is 0.133. The van der Waals surface area contributed by atoms with Gasteiger partial charge in [-0.3, -0.25) is 19.3 Å². The van der Waals surface area contributed by atoms with Crippen LogP contribution < -0.4 is 0 Å². The lowest BCUT2D eigenvalue weighted by atomic mass is 10.2. The first-order valence-electron chi connectivity index (χ1n) is 6.02. The van der Waals surface area contributed by atoms with Crippen LogP contribution in [0.3, 0.4) is 0 Å². The molecule has 0 aromatic carbocycles. The number of Topliss-reactive ketones (excluding diaryl/α,β-unsaturated/α-hetero) is 1. The van der Waals surface area contributed by atoms with E-state index < -0.39 is 30.2 Å². The largest absolute Gasteiger partial charge is 0.334 e. The van der Waals surface area contributed by atoms with E-state index >= 15 is 0 Å². The van der Waals surface area contributed by atoms with Crippen molar-refractivity contribution < 1.29 is 19.2 Å². The Bertz CT molecular complexity index is 643. The Morgan fingerprint density at radius 1 is 1.19 bits per heavy atom. The first-order chi connectivity index (χ1) is 9.86. The van der Waals surface area contributed by atoms with Gasteiger partial charge in [-0.1, -0.05) is 30.1 Å². The number of carbonyl (C=O) groups excluding carboxylic acids is 4. The molecular formula is C12H10Cl2N2O4S. The standard InChI is InChI=1S/C12H10Cl2N2O4S/c1-2-3-15-10(18)11(19)16(12(15)20)5-7(17)6-4-8(13)21-9(6)14/h4H,2-3,5H2,1H3. The summed E-state index contributed by atoms with van der Waals surface area (Å²) in [6.45, 7) is 1.38. The van der Waals surface area contributed by atoms with Gasteiger partial charge in [-0.15, -0.1) is 11.3 Å². The average molecular weight is 349 g/mol. The van der Waals surface area contributed by atoms with E-state index in [2.05, 4.69) is 0 Å². The molecule has 6 nitrogen and oxygen atoms in total. The molecule has 0 unspecified atom stereocenters. The Hall–Kier alpha value is -1.44. The Balaban J connectivity index is 2.18. The fourth-order valence-electron chi connectivity index (χ4n) is 1.87. The first-order valence-corrected chi connectivity index (χ1v) is 7.59. The summed E-state index contributed by atoms with van der Waals surface area (Å²) in [5.74, 6) is -2.46. The molecule has 1 aliphatic heterocycles. The van der Waals surface area contributed by atoms with E-state index in [-0.39, 0.29) is 16.4 Å². The van der Waals surface area contributed by atoms with Crippen molar-refractivity contribution in [2.45, 2.75) is 13.3 Å². The molecular weight excluding hydrogens is 339 g/mol. The Morgan fingerprint density at radius 2 is 1.81 bits per heavy atom. The zero-order chi connectivity index (χ0) is 15.7. The van der Waals surface area contributed by atoms with Gasteiger partial charge in [-0.2, -0.15) is 0 Å². The molecule has 9 heteroatoms. The van der Waals surface area contributed by atoms with Gasteiger partial charge >= 0.3 is 17.8 Å². The van der Waals surface area contributed by atoms with Crippen LogP contribution in [-0.4, -0.2) is 46.5 Å². The fourth-order valence-corrected chi connectivity index (χ4v) is 3.37. The molecule has 1 aromatic rings. The van der Waals surface area contributed by atoms with Gasteiger partial charge in [0, 0.05) is 6.54 Å². The second-order valence-corrected chi connectivity index (χ2v) is 6.58. The maximum absolute atomic E-state index is 12.1. The number of nitrogens with zero attached hydrogens (tertiary/aromatic N) is 2. The molecule has 2 rings (SSSR count). The lowest BCUT2D eigenvalue weighted by molar-refractivity contribution is -0.143. The SMILES string of the molecule is CCCN1C(=O)C(=O)N(CC(=O)c2cc(Cl)sc2Cl)C1=O. The Labute approximate surface area is 134 Å². The fraction of sp³-hybridized carbons (Fsp3) is 0.333. The Kier molecular flexibility index (Phi) is 4.65. The van der Waals surface area contributed by atoms with E-state index in [1.165, 1.54) is 6.07 Å². The maximum atomic E-state index is 12.1. The van der Waals surface area contributed by atoms with Gasteiger partial charge < -0.3 is 0 Å². The third-order valence-corrected chi connectivity index (χ3v) is 4.33. The van der Waals surface area contributed by atoms with E-state index in [1.54, 1.807) is 6.92 Å². The lowest BCUT2D eigenvalue weighted by Gasteiger charge is -2.13. The van der Waals surface area contributed by atoms with Gasteiger partial charge in [0.05, 0.1) is 16.4 Å². The van der Waals surface area contributed by atoms with Crippen LogP contribution in [0.1, 0.15) is 23.7 Å². The molecule has 0 aliphatic carbocycles. The average Bonchev–Trinajstić information content (AvgIpc) is 2.86. The van der Waals surface area contributed by atoms with Gasteiger partial charge in [-0.05, 0) is 12.5 Å². The summed E-state index contributed by atoms with van der Waals surface area (Å²) < 4.78 is 0.506. The van der Waals surface area contributed by atoms with E-state index in [9.17, 15) is 19.2 Å². The molecule has 0 spiro atoms. The van der Waals surface area contributed by atoms with Crippen molar-refractivity contribution in [2.75, 3.05) is 13.1 Å². The second kappa shape index (κ2) is 6.13. The molecule has 0 N–H and O–H groups in total. The molecule has 1 fully saturated rings. The summed E-state index contributed by atoms with van der Waals surface area (Å²) in [5, 5.41) is 0. The normalized spacial score (nSPS) is 15.3. The van der Waals surface area contributed by atoms with Crippen molar-refractivity contribution in [1.29, 1.82) is 0 Å². The molecule has 0 bridgehead atoms. The van der Waals surface area contributed by atoms with Crippen LogP contribution in [0.4, 0.5) is 4.79 Å². The van der Waals surface area contributed by atoms with E-state index in [0.717, 1.165) is 16.2 Å². The quantitative estimate of drug-likeness (QED) is 0.465. The monoisotopic (exact) mass is 348 g/mol. The molecule has 112 valence electrons. The highest BCUT2D eigenvalue weighted by atomic mass is 35.5. The lowest BCUT2D eigenvalue weighted by Crippen LogP contribution is -2.37. The van der Waals surface area contributed by atoms with Crippen molar-refractivity contribution in [3.63, 3.8) is 0 Å². The number of imide groups is 2. The number of halogens is 2. The van der Waals surface area contributed by atoms with Crippen LogP contribution in [0.5, 0.6) is 0 Å². The minimum atomic E-state index is -1.00. The van der Waals surface area contributed by atoms with Crippen LogP contribution in [0.15, 0.2) is 6.07 Å². The maximum Gasteiger partial charge on any atom is 0.334 e. The van der Waals surface area contributed by atoms with Crippen molar-refractivity contribution in [3.05, 3.63) is 20.3 Å². The zero-order valence-corrected chi connectivity index (χ0v) is 13.2. The zero-order valence-electron chi connectivity index (χ0n) is 10.9. The summed E-state index contributed by atoms with van der Waals surface area (Å²) in [7, 11) is 0. The molecule has 0 atom stereocenters. The minimum absolute atomic E-state index is 0.133. The number of carbonyl (C=O) groups is 4. The molecule has 0 radical (unpaired) electrons. The third kappa shape index (κ3) is 2.95. The summed E-state index contributed by atoms with van der Waals surface area (Å²) >= 11 is 12.6. The smallest absolute Gasteiger partial charge is 0.292 e. The van der Waals surface area contributed by atoms with Crippen LogP contribution >= 0.6 is 34.5 Å². The number of rotatable bonds is 5. The molecule has 1 aromatic heterocycles. The van der Waals surface area contributed by atoms with Crippen LogP contribution in [-0.2, 0) is 9.59 Å². The third-order valence-electron chi connectivity index (χ3n) is 2.84. The topological polar surface area (TPSA) is 74.8 Å². The predicted molar refractivity (Wildman–Crippen MR) is 77.8 cm³/mol. The predicted octanol–water partition coefficient (Wildman–Crippen LogP) is 2.44. The van der Waals surface area contributed by atoms with Crippen LogP contribution in [0.2, 0.25) is 8.67 Å². The molecule has 21 heavy (non-hydrogen) atoms. The second-order valence-electron chi connectivity index (χ2n) is 4.29. The van der Waals surface area contributed by atoms with E-state index in [0.29, 0.717) is 15.7 Å². The van der Waals surface area contributed by atoms with Gasteiger partial charge in [0.15, 0.2) is 5.78 Å². The first kappa shape index (κ1) is 15.9. The highest BCUT2D eigenvalue weighted by molar-refractivity contribution is 7.20. The van der Waals surface area contributed by atoms with Crippen LogP contribution in [0, 0.1) is 0 Å². The molecule has 4 amide bonds. The van der Waals surface area contributed by atoms with Gasteiger partial charge in [0.1, 0.15) is 4.34 Å². The molecule has 2 heterocycles. The number of amides is 4. The number of ketones is 1. The number of hydrogen-bond donors (Lipinski definition) is 0. The number of hydrogen-bond acceptors (Lipinski definition) is 5. The van der Waals surface area contributed by atoms with E-state index in [1.807, 2.05) is 0 Å². The van der Waals surface area contributed by atoms with Crippen molar-refractivity contribution in [2.24, 2.45) is 0 Å². The Morgan fingerprint density at radius 3 is 2.33 bits per heavy atom. The summed E-state index contributed by atoms with van der Waals surface area (Å²) in [6, 6.07) is 0.589. The number of urea groups is 1. The van der Waals surface area contributed by atoms with Gasteiger partial charge in [0.2, 0.25) is 0 Å². The van der Waals surface area contributed by atoms with Gasteiger partial charge in [-0.25, -0.2) is 9.69 Å². The molecule has 0 saturated carbocycles. The summed E-state index contributed by atoms with van der Waals surface area (Å²) in [4.78, 5) is 48.9. The molecule has 1 saturated heterocycles. The number of thiophene rings is 1. The van der Waals surface area contributed by atoms with Gasteiger partial charge in [0.25, 0.3) is 0 Å². The summed E-state index contributed by atoms with van der Waals surface area (Å²) in [6.07, 6.45) is 0.526. The van der Waals surface area contributed by atoms with E-state index in [4.69, 9.17) is 23.2 Å². The molecule has 1 aliphatic rings. The minimum Gasteiger partial charge on any atom is -0.292 e. The highest BCUT2D eigenvalue weighted by Crippen LogP contribution is 2.31. The van der Waals surface area contributed by atoms with Crippen molar-refractivity contribution >= 4 is 58.2 Å². The van der Waals surface area contributed by atoms with Crippen molar-refractivity contribution in [3.8, 4) is 0 Å².